The number of pyridine rings is 1. The van der Waals surface area contributed by atoms with Crippen molar-refractivity contribution in [2.75, 3.05) is 12.8 Å². The van der Waals surface area contributed by atoms with Gasteiger partial charge in [0.2, 0.25) is 0 Å². The number of aromatic nitrogens is 1. The van der Waals surface area contributed by atoms with Crippen molar-refractivity contribution >= 4 is 5.69 Å². The average molecular weight is 213 g/mol. The molecule has 15 heavy (non-hydrogen) atoms. The quantitative estimate of drug-likeness (QED) is 0.828. The van der Waals surface area contributed by atoms with Crippen molar-refractivity contribution in [3.8, 4) is 11.8 Å². The molecule has 0 saturated carbocycles. The molecule has 0 aromatic carbocycles. The van der Waals surface area contributed by atoms with Gasteiger partial charge in [0.15, 0.2) is 5.75 Å². The Bertz CT molecular complexity index is 401. The van der Waals surface area contributed by atoms with E-state index in [2.05, 4.69) is 4.98 Å². The van der Waals surface area contributed by atoms with Gasteiger partial charge in [-0.3, -0.25) is 0 Å². The third kappa shape index (κ3) is 2.13. The number of halogens is 2. The number of hydrogen-bond acceptors (Lipinski definition) is 4. The summed E-state index contributed by atoms with van der Waals surface area (Å²) in [6.07, 6.45) is -1.73. The van der Waals surface area contributed by atoms with Crippen LogP contribution in [-0.2, 0) is 6.42 Å². The van der Waals surface area contributed by atoms with Crippen LogP contribution in [0.15, 0.2) is 6.20 Å². The molecule has 0 atom stereocenters. The van der Waals surface area contributed by atoms with Crippen LogP contribution < -0.4 is 10.5 Å². The van der Waals surface area contributed by atoms with Gasteiger partial charge in [0.1, 0.15) is 5.69 Å². The minimum Gasteiger partial charge on any atom is -0.494 e. The standard InChI is InChI=1S/C9H9F2N3O/c1-15-8-5(2-3-12)6(13)4-14-7(8)9(10)11/h4,9H,2,13H2,1H3. The van der Waals surface area contributed by atoms with Gasteiger partial charge in [0.25, 0.3) is 6.43 Å². The summed E-state index contributed by atoms with van der Waals surface area (Å²) in [6.45, 7) is 0. The first-order valence-corrected chi connectivity index (χ1v) is 4.08. The second kappa shape index (κ2) is 4.55. The Morgan fingerprint density at radius 1 is 1.67 bits per heavy atom. The maximum absolute atomic E-state index is 12.5. The summed E-state index contributed by atoms with van der Waals surface area (Å²) in [5.41, 5.74) is 5.46. The molecule has 0 aliphatic rings. The summed E-state index contributed by atoms with van der Waals surface area (Å²) in [6, 6.07) is 1.83. The summed E-state index contributed by atoms with van der Waals surface area (Å²) in [4.78, 5) is 3.48. The summed E-state index contributed by atoms with van der Waals surface area (Å²) < 4.78 is 29.8. The van der Waals surface area contributed by atoms with Crippen LogP contribution in [0.25, 0.3) is 0 Å². The fourth-order valence-electron chi connectivity index (χ4n) is 1.21. The summed E-state index contributed by atoms with van der Waals surface area (Å²) in [5.74, 6) is -0.105. The Morgan fingerprint density at radius 3 is 2.80 bits per heavy atom. The monoisotopic (exact) mass is 213 g/mol. The van der Waals surface area contributed by atoms with Crippen LogP contribution in [0.4, 0.5) is 14.5 Å². The van der Waals surface area contributed by atoms with Crippen LogP contribution in [-0.4, -0.2) is 12.1 Å². The van der Waals surface area contributed by atoms with E-state index in [1.807, 2.05) is 6.07 Å². The van der Waals surface area contributed by atoms with Gasteiger partial charge in [-0.05, 0) is 0 Å². The highest BCUT2D eigenvalue weighted by molar-refractivity contribution is 5.55. The first-order valence-electron chi connectivity index (χ1n) is 4.08. The van der Waals surface area contributed by atoms with Gasteiger partial charge in [-0.1, -0.05) is 0 Å². The third-order valence-corrected chi connectivity index (χ3v) is 1.86. The van der Waals surface area contributed by atoms with Crippen molar-refractivity contribution in [2.24, 2.45) is 0 Å². The van der Waals surface area contributed by atoms with Crippen molar-refractivity contribution in [1.29, 1.82) is 5.26 Å². The zero-order chi connectivity index (χ0) is 11.4. The van der Waals surface area contributed by atoms with Crippen LogP contribution in [0.5, 0.6) is 5.75 Å². The van der Waals surface area contributed by atoms with Crippen LogP contribution in [0, 0.1) is 11.3 Å². The first kappa shape index (κ1) is 11.2. The van der Waals surface area contributed by atoms with E-state index < -0.39 is 12.1 Å². The van der Waals surface area contributed by atoms with E-state index in [1.165, 1.54) is 7.11 Å². The molecule has 0 spiro atoms. The predicted molar refractivity (Wildman–Crippen MR) is 49.5 cm³/mol. The molecule has 0 aliphatic heterocycles. The van der Waals surface area contributed by atoms with Gasteiger partial charge >= 0.3 is 0 Å². The van der Waals surface area contributed by atoms with Crippen LogP contribution in [0.3, 0.4) is 0 Å². The summed E-state index contributed by atoms with van der Waals surface area (Å²) >= 11 is 0. The SMILES string of the molecule is COc1c(C(F)F)ncc(N)c1CC#N. The number of nitrogen functional groups attached to an aromatic ring is 1. The lowest BCUT2D eigenvalue weighted by atomic mass is 10.1. The zero-order valence-corrected chi connectivity index (χ0v) is 8.00. The first-order chi connectivity index (χ1) is 7.11. The lowest BCUT2D eigenvalue weighted by molar-refractivity contribution is 0.141. The van der Waals surface area contributed by atoms with E-state index in [-0.39, 0.29) is 23.4 Å². The minimum absolute atomic E-state index is 0.0861. The zero-order valence-electron chi connectivity index (χ0n) is 8.00. The third-order valence-electron chi connectivity index (χ3n) is 1.86. The number of alkyl halides is 2. The molecular formula is C9H9F2N3O. The van der Waals surface area contributed by atoms with Gasteiger partial charge in [-0.2, -0.15) is 5.26 Å². The number of ether oxygens (including phenoxy) is 1. The van der Waals surface area contributed by atoms with Gasteiger partial charge < -0.3 is 10.5 Å². The second-order valence-electron chi connectivity index (χ2n) is 2.75. The van der Waals surface area contributed by atoms with E-state index in [4.69, 9.17) is 15.7 Å². The molecule has 1 heterocycles. The molecule has 2 N–H and O–H groups in total. The van der Waals surface area contributed by atoms with Crippen molar-refractivity contribution in [3.05, 3.63) is 17.5 Å². The molecule has 0 unspecified atom stereocenters. The average Bonchev–Trinajstić information content (AvgIpc) is 2.20. The molecule has 1 aromatic heterocycles. The number of rotatable bonds is 3. The smallest absolute Gasteiger partial charge is 0.284 e. The summed E-state index contributed by atoms with van der Waals surface area (Å²) in [7, 11) is 1.24. The van der Waals surface area contributed by atoms with Crippen molar-refractivity contribution in [3.63, 3.8) is 0 Å². The fourth-order valence-corrected chi connectivity index (χ4v) is 1.21. The van der Waals surface area contributed by atoms with Crippen molar-refractivity contribution in [1.82, 2.24) is 4.98 Å². The number of hydrogen-bond donors (Lipinski definition) is 1. The van der Waals surface area contributed by atoms with E-state index in [0.717, 1.165) is 6.20 Å². The van der Waals surface area contributed by atoms with Gasteiger partial charge in [-0.15, -0.1) is 0 Å². The molecule has 1 rings (SSSR count). The number of nitrogens with two attached hydrogens (primary N) is 1. The molecule has 0 amide bonds. The van der Waals surface area contributed by atoms with Gasteiger partial charge in [0.05, 0.1) is 31.5 Å². The van der Waals surface area contributed by atoms with Crippen LogP contribution in [0.2, 0.25) is 0 Å². The number of nitrogens with zero attached hydrogens (tertiary/aromatic N) is 2. The molecule has 0 aliphatic carbocycles. The minimum atomic E-state index is -2.75. The summed E-state index contributed by atoms with van der Waals surface area (Å²) in [5, 5.41) is 8.52. The largest absolute Gasteiger partial charge is 0.494 e. The molecule has 0 bridgehead atoms. The van der Waals surface area contributed by atoms with Gasteiger partial charge in [0, 0.05) is 5.56 Å². The molecule has 4 nitrogen and oxygen atoms in total. The molecule has 1 aromatic rings. The number of nitriles is 1. The molecule has 0 radical (unpaired) electrons. The normalized spacial score (nSPS) is 10.1. The highest BCUT2D eigenvalue weighted by Gasteiger charge is 2.20. The Labute approximate surface area is 85.3 Å². The number of anilines is 1. The highest BCUT2D eigenvalue weighted by atomic mass is 19.3. The molecular weight excluding hydrogens is 204 g/mol. The maximum Gasteiger partial charge on any atom is 0.284 e. The van der Waals surface area contributed by atoms with Crippen molar-refractivity contribution < 1.29 is 13.5 Å². The fraction of sp³-hybridized carbons (Fsp3) is 0.333. The van der Waals surface area contributed by atoms with Gasteiger partial charge in [-0.25, -0.2) is 13.8 Å². The second-order valence-corrected chi connectivity index (χ2v) is 2.75. The lowest BCUT2D eigenvalue weighted by Gasteiger charge is -2.12. The lowest BCUT2D eigenvalue weighted by Crippen LogP contribution is -2.04. The Morgan fingerprint density at radius 2 is 2.33 bits per heavy atom. The maximum atomic E-state index is 12.5. The van der Waals surface area contributed by atoms with Crippen LogP contribution in [0.1, 0.15) is 17.7 Å². The molecule has 6 heteroatoms. The van der Waals surface area contributed by atoms with E-state index in [1.54, 1.807) is 0 Å². The van der Waals surface area contributed by atoms with E-state index in [0.29, 0.717) is 0 Å². The van der Waals surface area contributed by atoms with Crippen LogP contribution >= 0.6 is 0 Å². The molecule has 80 valence electrons. The van der Waals surface area contributed by atoms with Crippen molar-refractivity contribution in [2.45, 2.75) is 12.8 Å². The Balaban J connectivity index is 3.34. The topological polar surface area (TPSA) is 71.9 Å². The molecule has 0 fully saturated rings. The molecule has 0 saturated heterocycles. The Hall–Kier alpha value is -1.90. The van der Waals surface area contributed by atoms with E-state index >= 15 is 0 Å². The predicted octanol–water partition coefficient (Wildman–Crippen LogP) is 1.68. The highest BCUT2D eigenvalue weighted by Crippen LogP contribution is 2.33. The Kier molecular flexibility index (Phi) is 3.39. The van der Waals surface area contributed by atoms with E-state index in [9.17, 15) is 8.78 Å². The number of methoxy groups -OCH3 is 1.